The lowest BCUT2D eigenvalue weighted by molar-refractivity contribution is -0.390. The van der Waals surface area contributed by atoms with Crippen molar-refractivity contribution in [2.75, 3.05) is 26.2 Å². The second-order valence-corrected chi connectivity index (χ2v) is 12.7. The van der Waals surface area contributed by atoms with Gasteiger partial charge in [-0.3, -0.25) is 0 Å². The normalized spacial score (nSPS) is 42.8. The van der Waals surface area contributed by atoms with Crippen molar-refractivity contribution in [3.05, 3.63) is 29.8 Å². The zero-order valence-corrected chi connectivity index (χ0v) is 21.3. The number of benzene rings is 1. The Morgan fingerprint density at radius 2 is 1.60 bits per heavy atom. The van der Waals surface area contributed by atoms with Crippen LogP contribution in [0.25, 0.3) is 0 Å². The largest absolute Gasteiger partial charge is 0.494 e. The minimum Gasteiger partial charge on any atom is -0.494 e. The van der Waals surface area contributed by atoms with Crippen LogP contribution in [-0.4, -0.2) is 42.7 Å². The number of hydrogen-bond acceptors (Lipinski definition) is 5. The fourth-order valence-electron chi connectivity index (χ4n) is 8.76. The van der Waals surface area contributed by atoms with Gasteiger partial charge in [0, 0.05) is 31.2 Å². The Kier molecular flexibility index (Phi) is 6.12. The average Bonchev–Trinajstić information content (AvgIpc) is 3.25. The quantitative estimate of drug-likeness (QED) is 0.346. The second-order valence-electron chi connectivity index (χ2n) is 12.7. The molecule has 1 aromatic rings. The molecule has 2 aliphatic heterocycles. The van der Waals surface area contributed by atoms with E-state index in [0.29, 0.717) is 17.8 Å². The van der Waals surface area contributed by atoms with E-state index >= 15 is 0 Å². The fraction of sp³-hybridized carbons (Fsp3) is 0.800. The standard InChI is InChI=1S/C30H43NO4/c1-2-12-31(13-3-1)14-5-15-32-28-9-7-24(8-10-28)25-6-4-11-29(21-25)33-30(35-34-29)26-17-22-16-23(19-26)20-27(30)18-22/h7-10,22-23,25-27H,1-6,11-21H2/t22?,23?,25-,26?,27?,29-,30?/m1/s1. The summed E-state index contributed by atoms with van der Waals surface area (Å²) in [4.78, 5) is 15.1. The van der Waals surface area contributed by atoms with Crippen molar-refractivity contribution in [1.29, 1.82) is 0 Å². The summed E-state index contributed by atoms with van der Waals surface area (Å²) in [5.74, 6) is 3.29. The molecule has 0 N–H and O–H groups in total. The maximum Gasteiger partial charge on any atom is 0.210 e. The van der Waals surface area contributed by atoms with Gasteiger partial charge in [-0.25, -0.2) is 0 Å². The van der Waals surface area contributed by atoms with Crippen LogP contribution in [0, 0.1) is 23.7 Å². The molecule has 7 aliphatic rings. The highest BCUT2D eigenvalue weighted by molar-refractivity contribution is 5.30. The van der Waals surface area contributed by atoms with Crippen molar-refractivity contribution in [3.63, 3.8) is 0 Å². The zero-order valence-electron chi connectivity index (χ0n) is 21.3. The molecule has 2 spiro atoms. The van der Waals surface area contributed by atoms with Gasteiger partial charge in [-0.2, -0.15) is 9.78 Å². The second kappa shape index (κ2) is 9.31. The summed E-state index contributed by atoms with van der Waals surface area (Å²) in [6.45, 7) is 4.49. The third kappa shape index (κ3) is 4.35. The van der Waals surface area contributed by atoms with E-state index in [1.54, 1.807) is 0 Å². The SMILES string of the molecule is c1cc([C@@H]2CCC[C@]3(C2)OOC2(O3)C3CC4CC(C3)CC2C4)ccc1OCCCN1CCCCC1. The molecule has 5 heteroatoms. The van der Waals surface area contributed by atoms with E-state index in [0.717, 1.165) is 56.4 Å². The van der Waals surface area contributed by atoms with Crippen LogP contribution < -0.4 is 4.74 Å². The summed E-state index contributed by atoms with van der Waals surface area (Å²) in [5.41, 5.74) is 1.38. The molecule has 2 saturated heterocycles. The topological polar surface area (TPSA) is 40.2 Å². The molecule has 0 aromatic heterocycles. The van der Waals surface area contributed by atoms with Gasteiger partial charge in [0.1, 0.15) is 5.75 Å². The van der Waals surface area contributed by atoms with E-state index in [-0.39, 0.29) is 0 Å². The Hall–Kier alpha value is -1.14. The van der Waals surface area contributed by atoms with Crippen LogP contribution in [0.1, 0.15) is 95.0 Å². The lowest BCUT2D eigenvalue weighted by atomic mass is 9.53. The molecule has 0 unspecified atom stereocenters. The first-order valence-corrected chi connectivity index (χ1v) is 14.7. The van der Waals surface area contributed by atoms with Gasteiger partial charge in [0.05, 0.1) is 6.61 Å². The first-order chi connectivity index (χ1) is 17.2. The predicted octanol–water partition coefficient (Wildman–Crippen LogP) is 6.43. The lowest BCUT2D eigenvalue weighted by Gasteiger charge is -2.57. The van der Waals surface area contributed by atoms with Crippen molar-refractivity contribution in [1.82, 2.24) is 4.90 Å². The van der Waals surface area contributed by atoms with Crippen molar-refractivity contribution >= 4 is 0 Å². The predicted molar refractivity (Wildman–Crippen MR) is 134 cm³/mol. The van der Waals surface area contributed by atoms with Crippen molar-refractivity contribution in [2.24, 2.45) is 23.7 Å². The van der Waals surface area contributed by atoms with Crippen LogP contribution in [0.15, 0.2) is 24.3 Å². The van der Waals surface area contributed by atoms with Crippen molar-refractivity contribution < 1.29 is 19.2 Å². The molecular weight excluding hydrogens is 438 g/mol. The zero-order chi connectivity index (χ0) is 23.3. The third-order valence-corrected chi connectivity index (χ3v) is 10.3. The molecule has 5 nitrogen and oxygen atoms in total. The van der Waals surface area contributed by atoms with Crippen LogP contribution in [-0.2, 0) is 14.5 Å². The molecule has 4 bridgehead atoms. The molecule has 7 fully saturated rings. The van der Waals surface area contributed by atoms with Crippen LogP contribution in [0.2, 0.25) is 0 Å². The fourth-order valence-corrected chi connectivity index (χ4v) is 8.76. The van der Waals surface area contributed by atoms with Gasteiger partial charge in [0.25, 0.3) is 0 Å². The highest BCUT2D eigenvalue weighted by atomic mass is 17.3. The van der Waals surface area contributed by atoms with Gasteiger partial charge < -0.3 is 14.4 Å². The van der Waals surface area contributed by atoms with Crippen LogP contribution >= 0.6 is 0 Å². The minimum atomic E-state index is -0.554. The van der Waals surface area contributed by atoms with E-state index in [2.05, 4.69) is 29.2 Å². The van der Waals surface area contributed by atoms with Crippen LogP contribution in [0.3, 0.4) is 0 Å². The molecule has 192 valence electrons. The summed E-state index contributed by atoms with van der Waals surface area (Å²) in [7, 11) is 0. The Morgan fingerprint density at radius 1 is 0.857 bits per heavy atom. The van der Waals surface area contributed by atoms with Crippen LogP contribution in [0.5, 0.6) is 5.75 Å². The molecule has 2 atom stereocenters. The Bertz CT molecular complexity index is 853. The molecule has 2 heterocycles. The molecule has 0 amide bonds. The molecule has 5 saturated carbocycles. The highest BCUT2D eigenvalue weighted by Gasteiger charge is 2.67. The molecule has 8 rings (SSSR count). The summed E-state index contributed by atoms with van der Waals surface area (Å²) >= 11 is 0. The van der Waals surface area contributed by atoms with Crippen molar-refractivity contribution in [2.45, 2.75) is 101 Å². The van der Waals surface area contributed by atoms with E-state index < -0.39 is 11.6 Å². The van der Waals surface area contributed by atoms with Gasteiger partial charge in [-0.1, -0.05) is 18.6 Å². The van der Waals surface area contributed by atoms with Gasteiger partial charge in [0.2, 0.25) is 11.6 Å². The Morgan fingerprint density at radius 3 is 2.34 bits per heavy atom. The third-order valence-electron chi connectivity index (χ3n) is 10.3. The number of piperidine rings is 1. The molecule has 1 aromatic carbocycles. The lowest BCUT2D eigenvalue weighted by Crippen LogP contribution is -2.59. The Balaban J connectivity index is 0.951. The molecular formula is C30H43NO4. The molecule has 35 heavy (non-hydrogen) atoms. The minimum absolute atomic E-state index is 0.451. The monoisotopic (exact) mass is 481 g/mol. The number of nitrogens with zero attached hydrogens (tertiary/aromatic N) is 1. The summed E-state index contributed by atoms with van der Waals surface area (Å²) < 4.78 is 13.0. The highest BCUT2D eigenvalue weighted by Crippen LogP contribution is 2.64. The van der Waals surface area contributed by atoms with E-state index in [9.17, 15) is 0 Å². The number of likely N-dealkylation sites (tertiary alicyclic amines) is 1. The van der Waals surface area contributed by atoms with Crippen LogP contribution in [0.4, 0.5) is 0 Å². The average molecular weight is 482 g/mol. The Labute approximate surface area is 210 Å². The maximum atomic E-state index is 6.97. The summed E-state index contributed by atoms with van der Waals surface area (Å²) in [5, 5.41) is 0. The first kappa shape index (κ1) is 23.0. The maximum absolute atomic E-state index is 6.97. The number of ether oxygens (including phenoxy) is 2. The number of hydrogen-bond donors (Lipinski definition) is 0. The van der Waals surface area contributed by atoms with E-state index in [1.807, 2.05) is 0 Å². The van der Waals surface area contributed by atoms with E-state index in [1.165, 1.54) is 76.4 Å². The summed E-state index contributed by atoms with van der Waals surface area (Å²) in [6, 6.07) is 8.84. The summed E-state index contributed by atoms with van der Waals surface area (Å²) in [6.07, 6.45) is 15.9. The van der Waals surface area contributed by atoms with Gasteiger partial charge in [0.15, 0.2) is 0 Å². The van der Waals surface area contributed by atoms with Gasteiger partial charge in [-0.15, -0.1) is 0 Å². The van der Waals surface area contributed by atoms with Crippen molar-refractivity contribution in [3.8, 4) is 5.75 Å². The molecule has 5 aliphatic carbocycles. The number of rotatable bonds is 6. The first-order valence-electron chi connectivity index (χ1n) is 14.7. The van der Waals surface area contributed by atoms with E-state index in [4.69, 9.17) is 19.2 Å². The molecule has 0 radical (unpaired) electrons. The smallest absolute Gasteiger partial charge is 0.210 e. The van der Waals surface area contributed by atoms with Gasteiger partial charge in [-0.05, 0) is 113 Å². The van der Waals surface area contributed by atoms with Gasteiger partial charge >= 0.3 is 0 Å².